The molecule has 1 aliphatic carbocycles. The zero-order valence-electron chi connectivity index (χ0n) is 9.52. The third-order valence-corrected chi connectivity index (χ3v) is 3.07. The molecule has 0 aromatic heterocycles. The molecular formula is C13H19N3. The van der Waals surface area contributed by atoms with Gasteiger partial charge in [0.1, 0.15) is 5.84 Å². The van der Waals surface area contributed by atoms with E-state index in [0.717, 1.165) is 11.4 Å². The molecule has 1 saturated carbocycles. The van der Waals surface area contributed by atoms with Crippen LogP contribution in [0.2, 0.25) is 0 Å². The Kier molecular flexibility index (Phi) is 3.94. The lowest BCUT2D eigenvalue weighted by atomic mass is 9.96. The van der Waals surface area contributed by atoms with Crippen molar-refractivity contribution in [3.8, 4) is 0 Å². The van der Waals surface area contributed by atoms with Crippen LogP contribution in [0.4, 0.5) is 0 Å². The fourth-order valence-corrected chi connectivity index (χ4v) is 2.18. The van der Waals surface area contributed by atoms with Gasteiger partial charge >= 0.3 is 0 Å². The highest BCUT2D eigenvalue weighted by molar-refractivity contribution is 5.98. The molecule has 3 N–H and O–H groups in total. The van der Waals surface area contributed by atoms with Crippen molar-refractivity contribution in [3.05, 3.63) is 35.9 Å². The van der Waals surface area contributed by atoms with Crippen LogP contribution in [0.3, 0.4) is 0 Å². The van der Waals surface area contributed by atoms with Gasteiger partial charge in [-0.05, 0) is 12.8 Å². The first-order chi connectivity index (χ1) is 7.90. The molecule has 1 aliphatic rings. The lowest BCUT2D eigenvalue weighted by Gasteiger charge is -2.19. The average Bonchev–Trinajstić information content (AvgIpc) is 2.38. The lowest BCUT2D eigenvalue weighted by molar-refractivity contribution is 0.442. The first kappa shape index (κ1) is 11.1. The normalized spacial score (nSPS) is 18.4. The van der Waals surface area contributed by atoms with E-state index in [4.69, 9.17) is 10.8 Å². The van der Waals surface area contributed by atoms with Gasteiger partial charge in [0.2, 0.25) is 0 Å². The fraction of sp³-hybridized carbons (Fsp3) is 0.462. The summed E-state index contributed by atoms with van der Waals surface area (Å²) in [6.45, 7) is 0. The molecule has 1 aromatic carbocycles. The molecule has 0 heterocycles. The SMILES string of the molecule is NNC(=NC1CCCCC1)c1ccccc1. The third-order valence-electron chi connectivity index (χ3n) is 3.07. The number of hydrogen-bond donors (Lipinski definition) is 2. The minimum atomic E-state index is 0.444. The van der Waals surface area contributed by atoms with Crippen LogP contribution in [0.5, 0.6) is 0 Å². The summed E-state index contributed by atoms with van der Waals surface area (Å²) < 4.78 is 0. The van der Waals surface area contributed by atoms with Crippen molar-refractivity contribution in [3.63, 3.8) is 0 Å². The van der Waals surface area contributed by atoms with Crippen molar-refractivity contribution < 1.29 is 0 Å². The summed E-state index contributed by atoms with van der Waals surface area (Å²) in [5, 5.41) is 0. The highest BCUT2D eigenvalue weighted by atomic mass is 15.3. The molecule has 0 unspecified atom stereocenters. The fourth-order valence-electron chi connectivity index (χ4n) is 2.18. The lowest BCUT2D eigenvalue weighted by Crippen LogP contribution is -2.32. The van der Waals surface area contributed by atoms with Crippen molar-refractivity contribution in [1.82, 2.24) is 5.43 Å². The number of benzene rings is 1. The molecule has 0 amide bonds. The Labute approximate surface area is 96.7 Å². The van der Waals surface area contributed by atoms with E-state index in [9.17, 15) is 0 Å². The predicted octanol–water partition coefficient (Wildman–Crippen LogP) is 2.23. The van der Waals surface area contributed by atoms with Gasteiger partial charge in [-0.15, -0.1) is 0 Å². The molecule has 16 heavy (non-hydrogen) atoms. The van der Waals surface area contributed by atoms with E-state index in [2.05, 4.69) is 5.43 Å². The molecule has 0 spiro atoms. The van der Waals surface area contributed by atoms with Crippen LogP contribution in [-0.2, 0) is 0 Å². The van der Waals surface area contributed by atoms with Crippen LogP contribution >= 0.6 is 0 Å². The molecule has 1 fully saturated rings. The molecule has 0 bridgehead atoms. The molecular weight excluding hydrogens is 198 g/mol. The van der Waals surface area contributed by atoms with Crippen LogP contribution in [0.15, 0.2) is 35.3 Å². The molecule has 3 nitrogen and oxygen atoms in total. The monoisotopic (exact) mass is 217 g/mol. The van der Waals surface area contributed by atoms with E-state index in [1.807, 2.05) is 30.3 Å². The van der Waals surface area contributed by atoms with Gasteiger partial charge in [0.25, 0.3) is 0 Å². The molecule has 0 saturated heterocycles. The number of nitrogens with two attached hydrogens (primary N) is 1. The molecule has 86 valence electrons. The van der Waals surface area contributed by atoms with Crippen molar-refractivity contribution in [2.24, 2.45) is 10.8 Å². The maximum atomic E-state index is 5.54. The Hall–Kier alpha value is -1.35. The minimum absolute atomic E-state index is 0.444. The summed E-state index contributed by atoms with van der Waals surface area (Å²) >= 11 is 0. The Morgan fingerprint density at radius 1 is 1.12 bits per heavy atom. The van der Waals surface area contributed by atoms with Crippen LogP contribution in [-0.4, -0.2) is 11.9 Å². The Bertz CT molecular complexity index is 339. The molecule has 0 radical (unpaired) electrons. The van der Waals surface area contributed by atoms with Gasteiger partial charge in [0, 0.05) is 5.56 Å². The van der Waals surface area contributed by atoms with Crippen molar-refractivity contribution in [2.75, 3.05) is 0 Å². The smallest absolute Gasteiger partial charge is 0.142 e. The van der Waals surface area contributed by atoms with Gasteiger partial charge in [-0.25, -0.2) is 5.84 Å². The maximum Gasteiger partial charge on any atom is 0.142 e. The van der Waals surface area contributed by atoms with Gasteiger partial charge in [0.15, 0.2) is 0 Å². The Morgan fingerprint density at radius 2 is 1.81 bits per heavy atom. The van der Waals surface area contributed by atoms with Gasteiger partial charge in [-0.3, -0.25) is 4.99 Å². The minimum Gasteiger partial charge on any atom is -0.308 e. The van der Waals surface area contributed by atoms with Crippen molar-refractivity contribution in [2.45, 2.75) is 38.1 Å². The molecule has 2 rings (SSSR count). The number of hydrogen-bond acceptors (Lipinski definition) is 2. The highest BCUT2D eigenvalue weighted by Crippen LogP contribution is 2.20. The van der Waals surface area contributed by atoms with Gasteiger partial charge in [-0.2, -0.15) is 0 Å². The summed E-state index contributed by atoms with van der Waals surface area (Å²) in [4.78, 5) is 4.70. The Morgan fingerprint density at radius 3 is 2.44 bits per heavy atom. The first-order valence-corrected chi connectivity index (χ1v) is 6.00. The van der Waals surface area contributed by atoms with E-state index in [0.29, 0.717) is 6.04 Å². The van der Waals surface area contributed by atoms with E-state index >= 15 is 0 Å². The average molecular weight is 217 g/mol. The quantitative estimate of drug-likeness (QED) is 0.345. The summed E-state index contributed by atoms with van der Waals surface area (Å²) in [6.07, 6.45) is 6.32. The highest BCUT2D eigenvalue weighted by Gasteiger charge is 2.13. The van der Waals surface area contributed by atoms with Crippen LogP contribution in [0.25, 0.3) is 0 Å². The number of amidine groups is 1. The summed E-state index contributed by atoms with van der Waals surface area (Å²) in [5.41, 5.74) is 3.78. The summed E-state index contributed by atoms with van der Waals surface area (Å²) in [6, 6.07) is 10.5. The standard InChI is InChI=1S/C13H19N3/c14-16-13(11-7-3-1-4-8-11)15-12-9-5-2-6-10-12/h1,3-4,7-8,12H,2,5-6,9-10,14H2,(H,15,16). The van der Waals surface area contributed by atoms with Crippen molar-refractivity contribution >= 4 is 5.84 Å². The second-order valence-corrected chi connectivity index (χ2v) is 4.28. The Balaban J connectivity index is 2.12. The predicted molar refractivity (Wildman–Crippen MR) is 67.2 cm³/mol. The molecule has 0 atom stereocenters. The summed E-state index contributed by atoms with van der Waals surface area (Å²) in [7, 11) is 0. The van der Waals surface area contributed by atoms with Crippen LogP contribution < -0.4 is 11.3 Å². The second-order valence-electron chi connectivity index (χ2n) is 4.28. The number of rotatable bonds is 2. The summed E-state index contributed by atoms with van der Waals surface area (Å²) in [5.74, 6) is 6.35. The maximum absolute atomic E-state index is 5.54. The van der Waals surface area contributed by atoms with Gasteiger partial charge in [-0.1, -0.05) is 49.6 Å². The van der Waals surface area contributed by atoms with Crippen LogP contribution in [0.1, 0.15) is 37.7 Å². The number of aliphatic imine (C=N–C) groups is 1. The number of hydrazine groups is 1. The number of nitrogens with zero attached hydrogens (tertiary/aromatic N) is 1. The van der Waals surface area contributed by atoms with E-state index < -0.39 is 0 Å². The largest absolute Gasteiger partial charge is 0.308 e. The topological polar surface area (TPSA) is 50.4 Å². The third kappa shape index (κ3) is 2.83. The zero-order valence-corrected chi connectivity index (χ0v) is 9.52. The molecule has 3 heteroatoms. The second kappa shape index (κ2) is 5.66. The van der Waals surface area contributed by atoms with Crippen LogP contribution in [0, 0.1) is 0 Å². The number of nitrogens with one attached hydrogen (secondary N) is 1. The first-order valence-electron chi connectivity index (χ1n) is 6.00. The van der Waals surface area contributed by atoms with E-state index in [1.165, 1.54) is 32.1 Å². The van der Waals surface area contributed by atoms with E-state index in [1.54, 1.807) is 0 Å². The zero-order chi connectivity index (χ0) is 11.2. The van der Waals surface area contributed by atoms with Crippen molar-refractivity contribution in [1.29, 1.82) is 0 Å². The van der Waals surface area contributed by atoms with E-state index in [-0.39, 0.29) is 0 Å². The van der Waals surface area contributed by atoms with Gasteiger partial charge < -0.3 is 5.43 Å². The molecule has 0 aliphatic heterocycles. The molecule has 1 aromatic rings. The van der Waals surface area contributed by atoms with Gasteiger partial charge in [0.05, 0.1) is 6.04 Å².